The molecule has 1 spiro atoms. The van der Waals surface area contributed by atoms with Gasteiger partial charge in [-0.3, -0.25) is 0 Å². The fraction of sp³-hybridized carbons (Fsp3) is 1.00. The second kappa shape index (κ2) is 5.13. The highest BCUT2D eigenvalue weighted by Gasteiger charge is 2.40. The van der Waals surface area contributed by atoms with Crippen LogP contribution in [0.3, 0.4) is 0 Å². The summed E-state index contributed by atoms with van der Waals surface area (Å²) in [5.74, 6) is 0. The number of rotatable bonds is 1. The smallest absolute Gasteiger partial charge is 0.00803 e. The van der Waals surface area contributed by atoms with Gasteiger partial charge in [0.15, 0.2) is 0 Å². The zero-order valence-electron chi connectivity index (χ0n) is 10.3. The van der Waals surface area contributed by atoms with E-state index in [0.29, 0.717) is 5.41 Å². The molecule has 0 radical (unpaired) electrons. The van der Waals surface area contributed by atoms with E-state index in [9.17, 15) is 0 Å². The van der Waals surface area contributed by atoms with Gasteiger partial charge < -0.3 is 10.2 Å². The summed E-state index contributed by atoms with van der Waals surface area (Å²) in [6.45, 7) is 13.8. The minimum absolute atomic E-state index is 0.669. The molecule has 2 aliphatic rings. The van der Waals surface area contributed by atoms with E-state index < -0.39 is 0 Å². The lowest BCUT2D eigenvalue weighted by atomic mass is 9.74. The lowest BCUT2D eigenvalue weighted by Crippen LogP contribution is -2.61. The van der Waals surface area contributed by atoms with Crippen molar-refractivity contribution in [2.45, 2.75) is 46.6 Å². The van der Waals surface area contributed by atoms with Gasteiger partial charge in [0.1, 0.15) is 0 Å². The van der Waals surface area contributed by atoms with Crippen LogP contribution in [0.1, 0.15) is 40.5 Å². The molecule has 0 amide bonds. The van der Waals surface area contributed by atoms with E-state index in [0.717, 1.165) is 6.04 Å². The Labute approximate surface area is 89.1 Å². The largest absolute Gasteiger partial charge is 0.315 e. The summed E-state index contributed by atoms with van der Waals surface area (Å²) in [5, 5.41) is 3.40. The molecule has 0 aromatic carbocycles. The van der Waals surface area contributed by atoms with Gasteiger partial charge in [-0.2, -0.15) is 0 Å². The fourth-order valence-electron chi connectivity index (χ4n) is 2.45. The number of likely N-dealkylation sites (tertiary alicyclic amines) is 1. The van der Waals surface area contributed by atoms with Gasteiger partial charge in [-0.15, -0.1) is 0 Å². The van der Waals surface area contributed by atoms with E-state index in [-0.39, 0.29) is 0 Å². The van der Waals surface area contributed by atoms with Crippen molar-refractivity contribution in [3.8, 4) is 0 Å². The van der Waals surface area contributed by atoms with Crippen LogP contribution >= 0.6 is 0 Å². The van der Waals surface area contributed by atoms with Gasteiger partial charge in [0.25, 0.3) is 0 Å². The van der Waals surface area contributed by atoms with E-state index in [1.165, 1.54) is 39.0 Å². The average Bonchev–Trinajstić information content (AvgIpc) is 2.19. The van der Waals surface area contributed by atoms with E-state index in [4.69, 9.17) is 0 Å². The first-order valence-electron chi connectivity index (χ1n) is 6.17. The summed E-state index contributed by atoms with van der Waals surface area (Å²) in [5.41, 5.74) is 0.669. The molecular weight excluding hydrogens is 172 g/mol. The van der Waals surface area contributed by atoms with E-state index in [1.807, 2.05) is 13.8 Å². The summed E-state index contributed by atoms with van der Waals surface area (Å²) < 4.78 is 0. The second-order valence-electron chi connectivity index (χ2n) is 4.77. The first kappa shape index (κ1) is 12.0. The second-order valence-corrected chi connectivity index (χ2v) is 4.77. The Morgan fingerprint density at radius 2 is 1.86 bits per heavy atom. The molecule has 1 N–H and O–H groups in total. The molecule has 2 heteroatoms. The van der Waals surface area contributed by atoms with Gasteiger partial charge in [0.2, 0.25) is 0 Å². The summed E-state index contributed by atoms with van der Waals surface area (Å²) in [6, 6.07) is 0.739. The summed E-state index contributed by atoms with van der Waals surface area (Å²) in [4.78, 5) is 2.63. The van der Waals surface area contributed by atoms with Crippen LogP contribution in [0.25, 0.3) is 0 Å². The van der Waals surface area contributed by atoms with Crippen LogP contribution in [0.5, 0.6) is 0 Å². The third kappa shape index (κ3) is 2.48. The molecule has 2 fully saturated rings. The molecule has 0 saturated carbocycles. The van der Waals surface area contributed by atoms with Crippen LogP contribution < -0.4 is 5.32 Å². The van der Waals surface area contributed by atoms with Crippen LogP contribution in [0, 0.1) is 5.41 Å². The highest BCUT2D eigenvalue weighted by atomic mass is 15.2. The molecule has 0 aromatic rings. The Hall–Kier alpha value is -0.0800. The Balaban J connectivity index is 0.000000461. The topological polar surface area (TPSA) is 15.3 Å². The molecular formula is C12H26N2. The molecule has 0 aliphatic carbocycles. The molecule has 0 atom stereocenters. The van der Waals surface area contributed by atoms with Crippen LogP contribution in [0.15, 0.2) is 0 Å². The molecule has 2 heterocycles. The lowest BCUT2D eigenvalue weighted by Gasteiger charge is -2.50. The van der Waals surface area contributed by atoms with Crippen LogP contribution in [0.4, 0.5) is 0 Å². The monoisotopic (exact) mass is 198 g/mol. The van der Waals surface area contributed by atoms with Gasteiger partial charge in [-0.1, -0.05) is 13.8 Å². The molecule has 0 aromatic heterocycles. The minimum Gasteiger partial charge on any atom is -0.315 e. The summed E-state index contributed by atoms with van der Waals surface area (Å²) >= 11 is 0. The minimum atomic E-state index is 0.669. The molecule has 2 nitrogen and oxygen atoms in total. The number of hydrogen-bond donors (Lipinski definition) is 1. The third-order valence-corrected chi connectivity index (χ3v) is 3.42. The maximum atomic E-state index is 3.40. The van der Waals surface area contributed by atoms with Crippen molar-refractivity contribution < 1.29 is 0 Å². The molecule has 0 bridgehead atoms. The summed E-state index contributed by atoms with van der Waals surface area (Å²) in [6.07, 6.45) is 2.85. The third-order valence-electron chi connectivity index (χ3n) is 3.42. The van der Waals surface area contributed by atoms with Gasteiger partial charge in [0.05, 0.1) is 0 Å². The van der Waals surface area contributed by atoms with Gasteiger partial charge in [-0.05, 0) is 33.2 Å². The number of hydrogen-bond acceptors (Lipinski definition) is 2. The van der Waals surface area contributed by atoms with Gasteiger partial charge >= 0.3 is 0 Å². The van der Waals surface area contributed by atoms with Gasteiger partial charge in [-0.25, -0.2) is 0 Å². The number of nitrogens with zero attached hydrogens (tertiary/aromatic N) is 1. The van der Waals surface area contributed by atoms with Crippen LogP contribution in [0.2, 0.25) is 0 Å². The average molecular weight is 198 g/mol. The Morgan fingerprint density at radius 1 is 1.21 bits per heavy atom. The zero-order chi connectivity index (χ0) is 10.6. The number of nitrogens with one attached hydrogen (secondary N) is 1. The first-order chi connectivity index (χ1) is 6.72. The van der Waals surface area contributed by atoms with Crippen molar-refractivity contribution in [2.75, 3.05) is 26.2 Å². The Morgan fingerprint density at radius 3 is 2.29 bits per heavy atom. The predicted molar refractivity (Wildman–Crippen MR) is 62.6 cm³/mol. The SMILES string of the molecule is CC.CC(C)N1CCCC2(CNC2)C1. The van der Waals surface area contributed by atoms with Crippen LogP contribution in [-0.2, 0) is 0 Å². The summed E-state index contributed by atoms with van der Waals surface area (Å²) in [7, 11) is 0. The Bertz CT molecular complexity index is 162. The quantitative estimate of drug-likeness (QED) is 0.694. The zero-order valence-corrected chi connectivity index (χ0v) is 10.3. The standard InChI is InChI=1S/C10H20N2.C2H6/c1-9(2)12-5-3-4-10(8-12)6-11-7-10;1-2/h9,11H,3-8H2,1-2H3;1-2H3. The maximum Gasteiger partial charge on any atom is 0.00803 e. The van der Waals surface area contributed by atoms with E-state index in [2.05, 4.69) is 24.1 Å². The van der Waals surface area contributed by atoms with Crippen molar-refractivity contribution in [3.63, 3.8) is 0 Å². The normalized spacial score (nSPS) is 25.5. The highest BCUT2D eigenvalue weighted by molar-refractivity contribution is 4.97. The molecule has 2 aliphatic heterocycles. The Kier molecular flexibility index (Phi) is 4.39. The van der Waals surface area contributed by atoms with Crippen molar-refractivity contribution >= 4 is 0 Å². The predicted octanol–water partition coefficient (Wildman–Crippen LogP) is 2.11. The fourth-order valence-corrected chi connectivity index (χ4v) is 2.45. The first-order valence-corrected chi connectivity index (χ1v) is 6.17. The molecule has 2 rings (SSSR count). The maximum absolute atomic E-state index is 3.40. The van der Waals surface area contributed by atoms with Crippen molar-refractivity contribution in [2.24, 2.45) is 5.41 Å². The van der Waals surface area contributed by atoms with Crippen LogP contribution in [-0.4, -0.2) is 37.1 Å². The van der Waals surface area contributed by atoms with E-state index in [1.54, 1.807) is 0 Å². The highest BCUT2D eigenvalue weighted by Crippen LogP contribution is 2.33. The molecule has 14 heavy (non-hydrogen) atoms. The van der Waals surface area contributed by atoms with Gasteiger partial charge in [0, 0.05) is 31.1 Å². The lowest BCUT2D eigenvalue weighted by molar-refractivity contribution is 0.0259. The van der Waals surface area contributed by atoms with Crippen molar-refractivity contribution in [1.82, 2.24) is 10.2 Å². The molecule has 0 unspecified atom stereocenters. The molecule has 84 valence electrons. The van der Waals surface area contributed by atoms with E-state index >= 15 is 0 Å². The van der Waals surface area contributed by atoms with Crippen molar-refractivity contribution in [3.05, 3.63) is 0 Å². The molecule has 2 saturated heterocycles. The number of piperidine rings is 1. The van der Waals surface area contributed by atoms with Crippen molar-refractivity contribution in [1.29, 1.82) is 0 Å².